The maximum Gasteiger partial charge on any atom is 0.181 e. The SMILES string of the molecule is O=C(Cc1cc2cc(-c3cnco3)ccc2cn1)c1ccnc(N2CCCC2)c1. The Kier molecular flexibility index (Phi) is 4.52. The van der Waals surface area contributed by atoms with Crippen LogP contribution >= 0.6 is 0 Å². The van der Waals surface area contributed by atoms with E-state index in [4.69, 9.17) is 4.42 Å². The molecule has 0 amide bonds. The fourth-order valence-corrected chi connectivity index (χ4v) is 3.77. The van der Waals surface area contributed by atoms with Crippen molar-refractivity contribution in [3.63, 3.8) is 0 Å². The highest BCUT2D eigenvalue weighted by molar-refractivity contribution is 5.98. The number of hydrogen-bond donors (Lipinski definition) is 0. The van der Waals surface area contributed by atoms with Gasteiger partial charge in [-0.2, -0.15) is 0 Å². The molecular weight excluding hydrogens is 364 g/mol. The van der Waals surface area contributed by atoms with Gasteiger partial charge < -0.3 is 9.32 Å². The van der Waals surface area contributed by atoms with E-state index in [1.54, 1.807) is 18.5 Å². The molecule has 1 fully saturated rings. The Hall–Kier alpha value is -3.54. The Bertz CT molecular complexity index is 1160. The number of oxazole rings is 1. The van der Waals surface area contributed by atoms with Crippen LogP contribution in [0.15, 0.2) is 65.8 Å². The zero-order valence-electron chi connectivity index (χ0n) is 15.9. The second kappa shape index (κ2) is 7.47. The van der Waals surface area contributed by atoms with Gasteiger partial charge in [0.05, 0.1) is 12.6 Å². The van der Waals surface area contributed by atoms with E-state index in [1.807, 2.05) is 36.5 Å². The van der Waals surface area contributed by atoms with Gasteiger partial charge >= 0.3 is 0 Å². The first kappa shape index (κ1) is 17.6. The number of benzene rings is 1. The second-order valence-corrected chi connectivity index (χ2v) is 7.30. The third-order valence-electron chi connectivity index (χ3n) is 5.33. The van der Waals surface area contributed by atoms with Crippen molar-refractivity contribution in [2.45, 2.75) is 19.3 Å². The van der Waals surface area contributed by atoms with Gasteiger partial charge in [0.25, 0.3) is 0 Å². The summed E-state index contributed by atoms with van der Waals surface area (Å²) in [6.07, 6.45) is 9.25. The zero-order chi connectivity index (χ0) is 19.6. The quantitative estimate of drug-likeness (QED) is 0.478. The van der Waals surface area contributed by atoms with Gasteiger partial charge in [0.2, 0.25) is 0 Å². The van der Waals surface area contributed by atoms with Crippen molar-refractivity contribution in [3.05, 3.63) is 72.6 Å². The summed E-state index contributed by atoms with van der Waals surface area (Å²) in [4.78, 5) is 28.0. The topological polar surface area (TPSA) is 72.1 Å². The molecule has 6 nitrogen and oxygen atoms in total. The molecular formula is C23H20N4O2. The number of Topliss-reactive ketones (excluding diaryl/α,β-unsaturated/α-hetero) is 1. The van der Waals surface area contributed by atoms with E-state index in [2.05, 4.69) is 19.9 Å². The summed E-state index contributed by atoms with van der Waals surface area (Å²) in [5.41, 5.74) is 2.37. The first-order valence-corrected chi connectivity index (χ1v) is 9.78. The number of fused-ring (bicyclic) bond motifs is 1. The number of pyridine rings is 2. The van der Waals surface area contributed by atoms with Crippen molar-refractivity contribution in [2.24, 2.45) is 0 Å². The predicted octanol–water partition coefficient (Wildman–Crippen LogP) is 4.31. The number of nitrogens with zero attached hydrogens (tertiary/aromatic N) is 4. The van der Waals surface area contributed by atoms with Crippen molar-refractivity contribution in [1.82, 2.24) is 15.0 Å². The molecule has 0 spiro atoms. The fourth-order valence-electron chi connectivity index (χ4n) is 3.77. The number of carbonyl (C=O) groups excluding carboxylic acids is 1. The van der Waals surface area contributed by atoms with Crippen LogP contribution in [0.2, 0.25) is 0 Å². The monoisotopic (exact) mass is 384 g/mol. The Morgan fingerprint density at radius 3 is 2.72 bits per heavy atom. The molecule has 144 valence electrons. The largest absolute Gasteiger partial charge is 0.444 e. The van der Waals surface area contributed by atoms with Crippen molar-refractivity contribution < 1.29 is 9.21 Å². The van der Waals surface area contributed by atoms with Gasteiger partial charge in [-0.3, -0.25) is 9.78 Å². The molecule has 1 aromatic carbocycles. The number of carbonyl (C=O) groups is 1. The molecule has 0 bridgehead atoms. The fraction of sp³-hybridized carbons (Fsp3) is 0.217. The van der Waals surface area contributed by atoms with Gasteiger partial charge in [-0.25, -0.2) is 9.97 Å². The third kappa shape index (κ3) is 3.61. The summed E-state index contributed by atoms with van der Waals surface area (Å²) < 4.78 is 5.38. The molecule has 1 saturated heterocycles. The van der Waals surface area contributed by atoms with E-state index >= 15 is 0 Å². The maximum absolute atomic E-state index is 12.9. The van der Waals surface area contributed by atoms with Crippen LogP contribution in [0.5, 0.6) is 0 Å². The van der Waals surface area contributed by atoms with Gasteiger partial charge in [-0.1, -0.05) is 12.1 Å². The van der Waals surface area contributed by atoms with Crippen molar-refractivity contribution >= 4 is 22.4 Å². The number of hydrogen-bond acceptors (Lipinski definition) is 6. The van der Waals surface area contributed by atoms with E-state index in [9.17, 15) is 4.79 Å². The Balaban J connectivity index is 1.39. The molecule has 1 aliphatic rings. The highest BCUT2D eigenvalue weighted by Gasteiger charge is 2.16. The minimum Gasteiger partial charge on any atom is -0.444 e. The molecule has 4 heterocycles. The number of ketones is 1. The Labute approximate surface area is 168 Å². The molecule has 0 saturated carbocycles. The van der Waals surface area contributed by atoms with E-state index in [1.165, 1.54) is 19.2 Å². The maximum atomic E-state index is 12.9. The summed E-state index contributed by atoms with van der Waals surface area (Å²) in [5.74, 6) is 1.65. The summed E-state index contributed by atoms with van der Waals surface area (Å²) in [5, 5.41) is 2.04. The highest BCUT2D eigenvalue weighted by atomic mass is 16.3. The number of anilines is 1. The molecule has 0 aliphatic carbocycles. The molecule has 0 radical (unpaired) electrons. The lowest BCUT2D eigenvalue weighted by Crippen LogP contribution is -2.19. The molecule has 0 atom stereocenters. The van der Waals surface area contributed by atoms with Crippen LogP contribution in [0, 0.1) is 0 Å². The molecule has 1 aliphatic heterocycles. The van der Waals surface area contributed by atoms with Gasteiger partial charge in [0.1, 0.15) is 5.82 Å². The minimum absolute atomic E-state index is 0.0473. The molecule has 29 heavy (non-hydrogen) atoms. The molecule has 0 unspecified atom stereocenters. The van der Waals surface area contributed by atoms with Crippen molar-refractivity contribution in [1.29, 1.82) is 0 Å². The lowest BCUT2D eigenvalue weighted by molar-refractivity contribution is 0.0992. The van der Waals surface area contributed by atoms with E-state index in [-0.39, 0.29) is 12.2 Å². The smallest absolute Gasteiger partial charge is 0.181 e. The van der Waals surface area contributed by atoms with Gasteiger partial charge in [-0.05, 0) is 42.5 Å². The van der Waals surface area contributed by atoms with E-state index < -0.39 is 0 Å². The van der Waals surface area contributed by atoms with Gasteiger partial charge in [-0.15, -0.1) is 0 Å². The lowest BCUT2D eigenvalue weighted by atomic mass is 10.0. The lowest BCUT2D eigenvalue weighted by Gasteiger charge is -2.16. The zero-order valence-corrected chi connectivity index (χ0v) is 15.9. The summed E-state index contributed by atoms with van der Waals surface area (Å²) in [6.45, 7) is 2.01. The van der Waals surface area contributed by atoms with Crippen LogP contribution < -0.4 is 4.90 Å². The highest BCUT2D eigenvalue weighted by Crippen LogP contribution is 2.25. The van der Waals surface area contributed by atoms with Crippen LogP contribution in [0.25, 0.3) is 22.1 Å². The minimum atomic E-state index is 0.0473. The average molecular weight is 384 g/mol. The van der Waals surface area contributed by atoms with Crippen LogP contribution in [-0.4, -0.2) is 33.8 Å². The standard InChI is InChI=1S/C23H20N4O2/c28-21(16-5-6-25-23(11-16)27-7-1-2-8-27)12-20-10-19-9-17(22-14-24-15-29-22)3-4-18(19)13-26-20/h3-6,9-11,13-15H,1-2,7-8,12H2. The second-order valence-electron chi connectivity index (χ2n) is 7.30. The average Bonchev–Trinajstić information content (AvgIpc) is 3.47. The van der Waals surface area contributed by atoms with E-state index in [0.29, 0.717) is 11.3 Å². The van der Waals surface area contributed by atoms with Crippen molar-refractivity contribution in [2.75, 3.05) is 18.0 Å². The van der Waals surface area contributed by atoms with Gasteiger partial charge in [0.15, 0.2) is 17.9 Å². The van der Waals surface area contributed by atoms with Crippen LogP contribution in [0.3, 0.4) is 0 Å². The molecule has 3 aromatic heterocycles. The summed E-state index contributed by atoms with van der Waals surface area (Å²) in [6, 6.07) is 11.7. The summed E-state index contributed by atoms with van der Waals surface area (Å²) >= 11 is 0. The number of aromatic nitrogens is 3. The summed E-state index contributed by atoms with van der Waals surface area (Å²) in [7, 11) is 0. The molecule has 6 heteroatoms. The Morgan fingerprint density at radius 2 is 1.90 bits per heavy atom. The van der Waals surface area contributed by atoms with Crippen molar-refractivity contribution in [3.8, 4) is 11.3 Å². The number of rotatable bonds is 5. The predicted molar refractivity (Wildman–Crippen MR) is 111 cm³/mol. The van der Waals surface area contributed by atoms with Crippen LogP contribution in [0.4, 0.5) is 5.82 Å². The van der Waals surface area contributed by atoms with Crippen LogP contribution in [0.1, 0.15) is 28.9 Å². The van der Waals surface area contributed by atoms with E-state index in [0.717, 1.165) is 40.9 Å². The third-order valence-corrected chi connectivity index (χ3v) is 5.33. The first-order valence-electron chi connectivity index (χ1n) is 9.78. The first-order chi connectivity index (χ1) is 14.3. The Morgan fingerprint density at radius 1 is 1.00 bits per heavy atom. The van der Waals surface area contributed by atoms with Crippen LogP contribution in [-0.2, 0) is 6.42 Å². The molecule has 0 N–H and O–H groups in total. The van der Waals surface area contributed by atoms with Gasteiger partial charge in [0, 0.05) is 47.7 Å². The molecule has 4 aromatic rings. The molecule has 5 rings (SSSR count). The normalized spacial score (nSPS) is 13.9.